The molecule has 1 N–H and O–H groups in total. The van der Waals surface area contributed by atoms with Crippen LogP contribution in [0.1, 0.15) is 22.0 Å². The first-order valence-corrected chi connectivity index (χ1v) is 9.85. The normalized spacial score (nSPS) is 19.5. The molecule has 1 fully saturated rings. The number of nitrogens with one attached hydrogen (secondary N) is 1. The quantitative estimate of drug-likeness (QED) is 0.727. The Morgan fingerprint density at radius 1 is 1.17 bits per heavy atom. The maximum Gasteiger partial charge on any atom is 0.254 e. The Morgan fingerprint density at radius 3 is 2.72 bits per heavy atom. The number of H-pyrrole nitrogens is 1. The molecule has 0 spiro atoms. The molecule has 1 saturated heterocycles. The first-order chi connectivity index (χ1) is 14.1. The first kappa shape index (κ1) is 19.4. The highest BCUT2D eigenvalue weighted by molar-refractivity contribution is 5.95. The monoisotopic (exact) mass is 390 g/mol. The number of ether oxygens (including phenoxy) is 1. The van der Waals surface area contributed by atoms with Crippen LogP contribution in [0.3, 0.4) is 0 Å². The van der Waals surface area contributed by atoms with Gasteiger partial charge in [-0.05, 0) is 37.4 Å². The van der Waals surface area contributed by atoms with Gasteiger partial charge in [-0.2, -0.15) is 5.10 Å². The third-order valence-corrected chi connectivity index (χ3v) is 5.24. The van der Waals surface area contributed by atoms with E-state index in [0.717, 1.165) is 23.2 Å². The van der Waals surface area contributed by atoms with Gasteiger partial charge in [-0.1, -0.05) is 42.5 Å². The van der Waals surface area contributed by atoms with E-state index in [4.69, 9.17) is 4.74 Å². The summed E-state index contributed by atoms with van der Waals surface area (Å²) in [6.45, 7) is 1.85. The fraction of sp³-hybridized carbons (Fsp3) is 0.304. The third kappa shape index (κ3) is 4.23. The molecule has 4 rings (SSSR count). The van der Waals surface area contributed by atoms with Crippen molar-refractivity contribution in [3.8, 4) is 11.1 Å². The van der Waals surface area contributed by atoms with Crippen LogP contribution in [0, 0.1) is 0 Å². The van der Waals surface area contributed by atoms with Crippen molar-refractivity contribution in [1.29, 1.82) is 0 Å². The highest BCUT2D eigenvalue weighted by Gasteiger charge is 2.37. The number of likely N-dealkylation sites (N-methyl/N-ethyl adjacent to an activating group) is 1. The maximum absolute atomic E-state index is 13.6. The zero-order chi connectivity index (χ0) is 20.2. The fourth-order valence-electron chi connectivity index (χ4n) is 3.92. The zero-order valence-corrected chi connectivity index (χ0v) is 16.8. The Hall–Kier alpha value is -2.96. The smallest absolute Gasteiger partial charge is 0.254 e. The molecule has 0 bridgehead atoms. The molecule has 6 heteroatoms. The van der Waals surface area contributed by atoms with Crippen LogP contribution in [0.4, 0.5) is 0 Å². The zero-order valence-electron chi connectivity index (χ0n) is 16.8. The maximum atomic E-state index is 13.6. The second kappa shape index (κ2) is 8.59. The van der Waals surface area contributed by atoms with Gasteiger partial charge in [0.05, 0.1) is 24.9 Å². The number of morpholine rings is 1. The predicted molar refractivity (Wildman–Crippen MR) is 113 cm³/mol. The molecule has 2 aromatic carbocycles. The van der Waals surface area contributed by atoms with Crippen molar-refractivity contribution in [3.05, 3.63) is 78.1 Å². The summed E-state index contributed by atoms with van der Waals surface area (Å²) in [5, 5.41) is 6.84. The number of aromatic amines is 1. The molecule has 0 saturated carbocycles. The van der Waals surface area contributed by atoms with Crippen molar-refractivity contribution >= 4 is 5.91 Å². The van der Waals surface area contributed by atoms with E-state index < -0.39 is 0 Å². The summed E-state index contributed by atoms with van der Waals surface area (Å²) in [6, 6.07) is 17.8. The molecule has 29 heavy (non-hydrogen) atoms. The van der Waals surface area contributed by atoms with Crippen molar-refractivity contribution in [1.82, 2.24) is 20.0 Å². The lowest BCUT2D eigenvalue weighted by atomic mass is 9.96. The van der Waals surface area contributed by atoms with Crippen LogP contribution in [0.2, 0.25) is 0 Å². The van der Waals surface area contributed by atoms with E-state index in [2.05, 4.69) is 27.2 Å². The second-order valence-corrected chi connectivity index (χ2v) is 7.59. The molecule has 1 amide bonds. The molecular weight excluding hydrogens is 364 g/mol. The van der Waals surface area contributed by atoms with E-state index >= 15 is 0 Å². The minimum atomic E-state index is -0.127. The van der Waals surface area contributed by atoms with Crippen molar-refractivity contribution in [2.45, 2.75) is 12.1 Å². The average molecular weight is 390 g/mol. The van der Waals surface area contributed by atoms with Gasteiger partial charge < -0.3 is 14.5 Å². The van der Waals surface area contributed by atoms with Gasteiger partial charge in [-0.3, -0.25) is 9.89 Å². The Morgan fingerprint density at radius 2 is 2.00 bits per heavy atom. The van der Waals surface area contributed by atoms with Crippen LogP contribution >= 0.6 is 0 Å². The van der Waals surface area contributed by atoms with Crippen LogP contribution in [0.5, 0.6) is 0 Å². The van der Waals surface area contributed by atoms with E-state index in [9.17, 15) is 4.79 Å². The summed E-state index contributed by atoms with van der Waals surface area (Å²) in [5.74, 6) is 0.0243. The molecule has 2 heterocycles. The molecule has 0 aliphatic carbocycles. The summed E-state index contributed by atoms with van der Waals surface area (Å²) in [4.78, 5) is 17.6. The van der Waals surface area contributed by atoms with Crippen LogP contribution in [0.25, 0.3) is 11.1 Å². The summed E-state index contributed by atoms with van der Waals surface area (Å²) < 4.78 is 6.11. The summed E-state index contributed by atoms with van der Waals surface area (Å²) >= 11 is 0. The van der Waals surface area contributed by atoms with E-state index in [1.165, 1.54) is 0 Å². The topological polar surface area (TPSA) is 61.5 Å². The van der Waals surface area contributed by atoms with Crippen LogP contribution in [0.15, 0.2) is 67.0 Å². The number of hydrogen-bond acceptors (Lipinski definition) is 4. The van der Waals surface area contributed by atoms with Gasteiger partial charge in [-0.15, -0.1) is 0 Å². The first-order valence-electron chi connectivity index (χ1n) is 9.85. The largest absolute Gasteiger partial charge is 0.373 e. The number of hydrogen-bond donors (Lipinski definition) is 1. The lowest BCUT2D eigenvalue weighted by molar-refractivity contribution is -0.0684. The van der Waals surface area contributed by atoms with Crippen molar-refractivity contribution in [2.24, 2.45) is 0 Å². The van der Waals surface area contributed by atoms with Gasteiger partial charge in [0.25, 0.3) is 5.91 Å². The van der Waals surface area contributed by atoms with E-state index in [0.29, 0.717) is 18.7 Å². The molecule has 0 radical (unpaired) electrons. The predicted octanol–water partition coefficient (Wildman–Crippen LogP) is 3.22. The molecule has 6 nitrogen and oxygen atoms in total. The number of carbonyl (C=O) groups is 1. The number of carbonyl (C=O) groups excluding carboxylic acids is 1. The van der Waals surface area contributed by atoms with E-state index in [-0.39, 0.29) is 18.1 Å². The van der Waals surface area contributed by atoms with Gasteiger partial charge >= 0.3 is 0 Å². The molecule has 150 valence electrons. The van der Waals surface area contributed by atoms with Crippen LogP contribution in [-0.4, -0.2) is 65.8 Å². The number of benzene rings is 2. The molecule has 1 aromatic heterocycles. The van der Waals surface area contributed by atoms with Crippen LogP contribution < -0.4 is 0 Å². The number of rotatable bonds is 5. The highest BCUT2D eigenvalue weighted by atomic mass is 16.5. The number of aromatic nitrogens is 2. The SMILES string of the molecule is CN(C)C[C@@H]1OCCN(C(=O)c2cccc(-c3cn[nH]c3)c2)[C@H]1c1ccccc1. The van der Waals surface area contributed by atoms with E-state index in [1.54, 1.807) is 6.20 Å². The molecular formula is C23H26N4O2. The Labute approximate surface area is 171 Å². The van der Waals surface area contributed by atoms with Crippen molar-refractivity contribution in [3.63, 3.8) is 0 Å². The number of amides is 1. The molecule has 1 aliphatic heterocycles. The van der Waals surface area contributed by atoms with E-state index in [1.807, 2.05) is 67.7 Å². The summed E-state index contributed by atoms with van der Waals surface area (Å²) in [7, 11) is 4.06. The highest BCUT2D eigenvalue weighted by Crippen LogP contribution is 2.32. The molecule has 1 aliphatic rings. The van der Waals surface area contributed by atoms with Gasteiger partial charge in [-0.25, -0.2) is 0 Å². The average Bonchev–Trinajstić information content (AvgIpc) is 3.28. The molecule has 0 unspecified atom stereocenters. The van der Waals surface area contributed by atoms with Gasteiger partial charge in [0.15, 0.2) is 0 Å². The van der Waals surface area contributed by atoms with Crippen molar-refractivity contribution < 1.29 is 9.53 Å². The van der Waals surface area contributed by atoms with Gasteiger partial charge in [0.2, 0.25) is 0 Å². The Balaban J connectivity index is 1.67. The third-order valence-electron chi connectivity index (χ3n) is 5.24. The van der Waals surface area contributed by atoms with Gasteiger partial charge in [0, 0.05) is 30.4 Å². The number of nitrogens with zero attached hydrogens (tertiary/aromatic N) is 3. The van der Waals surface area contributed by atoms with Crippen LogP contribution in [-0.2, 0) is 4.74 Å². The molecule has 3 aromatic rings. The standard InChI is InChI=1S/C23H26N4O2/c1-26(2)16-21-22(17-7-4-3-5-8-17)27(11-12-29-21)23(28)19-10-6-9-18(13-19)20-14-24-25-15-20/h3-10,13-15,21-22H,11-12,16H2,1-2H3,(H,24,25)/t21-,22-/m0/s1. The lowest BCUT2D eigenvalue weighted by Gasteiger charge is -2.42. The minimum absolute atomic E-state index is 0.0243. The summed E-state index contributed by atoms with van der Waals surface area (Å²) in [6.07, 6.45) is 3.51. The van der Waals surface area contributed by atoms with Gasteiger partial charge in [0.1, 0.15) is 0 Å². The molecule has 2 atom stereocenters. The fourth-order valence-corrected chi connectivity index (χ4v) is 3.92. The Bertz CT molecular complexity index is 941. The van der Waals surface area contributed by atoms with Crippen molar-refractivity contribution in [2.75, 3.05) is 33.8 Å². The Kier molecular flexibility index (Phi) is 5.74. The lowest BCUT2D eigenvalue weighted by Crippen LogP contribution is -2.51. The minimum Gasteiger partial charge on any atom is -0.373 e. The second-order valence-electron chi connectivity index (χ2n) is 7.59. The summed E-state index contributed by atoms with van der Waals surface area (Å²) in [5.41, 5.74) is 3.71.